The van der Waals surface area contributed by atoms with Gasteiger partial charge < -0.3 is 5.11 Å². The van der Waals surface area contributed by atoms with E-state index in [4.69, 9.17) is 10.4 Å². The Morgan fingerprint density at radius 2 is 2.06 bits per heavy atom. The molecule has 0 bridgehead atoms. The van der Waals surface area contributed by atoms with Gasteiger partial charge in [0.2, 0.25) is 0 Å². The average molecular weight is 320 g/mol. The lowest BCUT2D eigenvalue weighted by atomic mass is 10.1. The Labute approximate surface area is 118 Å². The smallest absolute Gasteiger partial charge is 0.100 e. The summed E-state index contributed by atoms with van der Waals surface area (Å²) in [4.78, 5) is 1.96. The number of benzene rings is 2. The number of hydrogen-bond donors (Lipinski definition) is 1. The van der Waals surface area contributed by atoms with E-state index < -0.39 is 0 Å². The number of nitrogens with zero attached hydrogens (tertiary/aromatic N) is 1. The Balaban J connectivity index is 2.32. The standard InChI is InChI=1S/C14H10BrNOS/c15-12-2-1-3-13(7-12)18-14-5-4-10(9-17)6-11(14)8-16/h1-7,17H,9H2. The van der Waals surface area contributed by atoms with Gasteiger partial charge in [0.25, 0.3) is 0 Å². The normalized spacial score (nSPS) is 10.1. The molecule has 0 saturated carbocycles. The summed E-state index contributed by atoms with van der Waals surface area (Å²) in [5, 5.41) is 18.2. The van der Waals surface area contributed by atoms with Crippen molar-refractivity contribution >= 4 is 27.7 Å². The van der Waals surface area contributed by atoms with Gasteiger partial charge in [0, 0.05) is 14.3 Å². The number of aliphatic hydroxyl groups is 1. The maximum atomic E-state index is 9.12. The molecule has 2 rings (SSSR count). The van der Waals surface area contributed by atoms with Crippen molar-refractivity contribution in [1.82, 2.24) is 0 Å². The Morgan fingerprint density at radius 3 is 2.72 bits per heavy atom. The quantitative estimate of drug-likeness (QED) is 0.931. The van der Waals surface area contributed by atoms with Gasteiger partial charge in [-0.1, -0.05) is 39.8 Å². The molecule has 0 heterocycles. The van der Waals surface area contributed by atoms with Gasteiger partial charge in [0.1, 0.15) is 6.07 Å². The fraction of sp³-hybridized carbons (Fsp3) is 0.0714. The van der Waals surface area contributed by atoms with Gasteiger partial charge >= 0.3 is 0 Å². The molecule has 0 atom stereocenters. The summed E-state index contributed by atoms with van der Waals surface area (Å²) in [5.41, 5.74) is 1.34. The molecule has 0 amide bonds. The second kappa shape index (κ2) is 6.05. The molecule has 0 aliphatic rings. The molecule has 90 valence electrons. The minimum absolute atomic E-state index is 0.0451. The van der Waals surface area contributed by atoms with Gasteiger partial charge in [-0.25, -0.2) is 0 Å². The lowest BCUT2D eigenvalue weighted by Crippen LogP contribution is -1.87. The van der Waals surface area contributed by atoms with Gasteiger partial charge in [-0.05, 0) is 35.9 Å². The first-order valence-electron chi connectivity index (χ1n) is 5.30. The molecule has 0 spiro atoms. The molecule has 2 aromatic carbocycles. The first kappa shape index (κ1) is 13.2. The molecule has 18 heavy (non-hydrogen) atoms. The van der Waals surface area contributed by atoms with Crippen molar-refractivity contribution in [2.75, 3.05) is 0 Å². The van der Waals surface area contributed by atoms with Crippen LogP contribution in [0.15, 0.2) is 56.7 Å². The van der Waals surface area contributed by atoms with Gasteiger partial charge in [0.15, 0.2) is 0 Å². The minimum atomic E-state index is -0.0451. The van der Waals surface area contributed by atoms with E-state index in [0.717, 1.165) is 19.8 Å². The summed E-state index contributed by atoms with van der Waals surface area (Å²) < 4.78 is 1.01. The van der Waals surface area contributed by atoms with Crippen LogP contribution in [0.4, 0.5) is 0 Å². The van der Waals surface area contributed by atoms with Crippen molar-refractivity contribution < 1.29 is 5.11 Å². The zero-order valence-corrected chi connectivity index (χ0v) is 11.8. The number of halogens is 1. The summed E-state index contributed by atoms with van der Waals surface area (Å²) in [7, 11) is 0. The van der Waals surface area contributed by atoms with Crippen LogP contribution in [0.3, 0.4) is 0 Å². The van der Waals surface area contributed by atoms with E-state index in [1.165, 1.54) is 11.8 Å². The molecule has 0 saturated heterocycles. The number of hydrogen-bond acceptors (Lipinski definition) is 3. The van der Waals surface area contributed by atoms with Crippen molar-refractivity contribution in [1.29, 1.82) is 5.26 Å². The molecule has 2 nitrogen and oxygen atoms in total. The lowest BCUT2D eigenvalue weighted by Gasteiger charge is -2.06. The number of nitriles is 1. The maximum Gasteiger partial charge on any atom is 0.100 e. The van der Waals surface area contributed by atoms with Gasteiger partial charge in [0.05, 0.1) is 12.2 Å². The van der Waals surface area contributed by atoms with Crippen molar-refractivity contribution in [2.24, 2.45) is 0 Å². The van der Waals surface area contributed by atoms with Crippen molar-refractivity contribution in [3.8, 4) is 6.07 Å². The lowest BCUT2D eigenvalue weighted by molar-refractivity contribution is 0.281. The third-order valence-electron chi connectivity index (χ3n) is 2.37. The van der Waals surface area contributed by atoms with Gasteiger partial charge in [-0.3, -0.25) is 0 Å². The van der Waals surface area contributed by atoms with E-state index >= 15 is 0 Å². The van der Waals surface area contributed by atoms with Crippen LogP contribution < -0.4 is 0 Å². The average Bonchev–Trinajstić information content (AvgIpc) is 2.39. The van der Waals surface area contributed by atoms with E-state index in [1.54, 1.807) is 6.07 Å². The molecule has 0 fully saturated rings. The van der Waals surface area contributed by atoms with E-state index in [0.29, 0.717) is 5.56 Å². The van der Waals surface area contributed by atoms with Crippen molar-refractivity contribution in [3.05, 3.63) is 58.1 Å². The van der Waals surface area contributed by atoms with Gasteiger partial charge in [-0.2, -0.15) is 5.26 Å². The highest BCUT2D eigenvalue weighted by atomic mass is 79.9. The van der Waals surface area contributed by atoms with Crippen LogP contribution in [-0.4, -0.2) is 5.11 Å². The predicted octanol–water partition coefficient (Wildman–Crippen LogP) is 3.96. The third kappa shape index (κ3) is 3.14. The first-order valence-corrected chi connectivity index (χ1v) is 6.91. The fourth-order valence-corrected chi connectivity index (χ4v) is 3.00. The molecule has 2 aromatic rings. The molecule has 0 aliphatic carbocycles. The zero-order chi connectivity index (χ0) is 13.0. The number of aliphatic hydroxyl groups excluding tert-OH is 1. The Hall–Kier alpha value is -1.28. The fourth-order valence-electron chi connectivity index (χ4n) is 1.51. The van der Waals surface area contributed by atoms with Crippen LogP contribution in [0.5, 0.6) is 0 Å². The monoisotopic (exact) mass is 319 g/mol. The first-order chi connectivity index (χ1) is 8.72. The molecule has 0 unspecified atom stereocenters. The minimum Gasteiger partial charge on any atom is -0.392 e. The summed E-state index contributed by atoms with van der Waals surface area (Å²) >= 11 is 4.96. The Bertz CT molecular complexity index is 607. The molecule has 0 aromatic heterocycles. The molecular weight excluding hydrogens is 310 g/mol. The van der Waals surface area contributed by atoms with Crippen molar-refractivity contribution in [2.45, 2.75) is 16.4 Å². The largest absolute Gasteiger partial charge is 0.392 e. The molecule has 4 heteroatoms. The second-order valence-electron chi connectivity index (χ2n) is 3.66. The van der Waals surface area contributed by atoms with Crippen molar-refractivity contribution in [3.63, 3.8) is 0 Å². The predicted molar refractivity (Wildman–Crippen MR) is 75.3 cm³/mol. The van der Waals surface area contributed by atoms with Crippen LogP contribution in [0.1, 0.15) is 11.1 Å². The van der Waals surface area contributed by atoms with Crippen LogP contribution in [-0.2, 0) is 6.61 Å². The molecule has 0 radical (unpaired) electrons. The maximum absolute atomic E-state index is 9.12. The summed E-state index contributed by atoms with van der Waals surface area (Å²) in [6, 6.07) is 15.5. The highest BCUT2D eigenvalue weighted by Gasteiger charge is 2.05. The van der Waals surface area contributed by atoms with Crippen LogP contribution in [0.2, 0.25) is 0 Å². The topological polar surface area (TPSA) is 44.0 Å². The van der Waals surface area contributed by atoms with Gasteiger partial charge in [-0.15, -0.1) is 0 Å². The highest BCUT2D eigenvalue weighted by molar-refractivity contribution is 9.10. The second-order valence-corrected chi connectivity index (χ2v) is 5.69. The van der Waals surface area contributed by atoms with Crippen LogP contribution >= 0.6 is 27.7 Å². The SMILES string of the molecule is N#Cc1cc(CO)ccc1Sc1cccc(Br)c1. The number of rotatable bonds is 3. The summed E-state index contributed by atoms with van der Waals surface area (Å²) in [6.07, 6.45) is 0. The molecule has 0 aliphatic heterocycles. The van der Waals surface area contributed by atoms with E-state index in [2.05, 4.69) is 22.0 Å². The molecular formula is C14H10BrNOS. The zero-order valence-electron chi connectivity index (χ0n) is 9.43. The third-order valence-corrected chi connectivity index (χ3v) is 3.93. The highest BCUT2D eigenvalue weighted by Crippen LogP contribution is 2.32. The summed E-state index contributed by atoms with van der Waals surface area (Å²) in [6.45, 7) is -0.0451. The van der Waals surface area contributed by atoms with Crippen LogP contribution in [0.25, 0.3) is 0 Å². The van der Waals surface area contributed by atoms with E-state index in [9.17, 15) is 0 Å². The Morgan fingerprint density at radius 1 is 1.22 bits per heavy atom. The van der Waals surface area contributed by atoms with E-state index in [1.807, 2.05) is 36.4 Å². The molecule has 1 N–H and O–H groups in total. The van der Waals surface area contributed by atoms with Crippen LogP contribution in [0, 0.1) is 11.3 Å². The van der Waals surface area contributed by atoms with E-state index in [-0.39, 0.29) is 6.61 Å². The Kier molecular flexibility index (Phi) is 4.43. The summed E-state index contributed by atoms with van der Waals surface area (Å²) in [5.74, 6) is 0.